The number of likely N-dealkylation sites (tertiary alicyclic amines) is 1. The normalized spacial score (nSPS) is 14.7. The van der Waals surface area contributed by atoms with E-state index in [1.807, 2.05) is 0 Å². The van der Waals surface area contributed by atoms with Crippen molar-refractivity contribution in [1.29, 1.82) is 0 Å². The molecule has 0 unspecified atom stereocenters. The van der Waals surface area contributed by atoms with Gasteiger partial charge in [-0.05, 0) is 55.3 Å². The van der Waals surface area contributed by atoms with Crippen LogP contribution in [0.4, 0.5) is 24.5 Å². The zero-order chi connectivity index (χ0) is 23.4. The van der Waals surface area contributed by atoms with Crippen LogP contribution in [0.2, 0.25) is 0 Å². The molecule has 1 fully saturated rings. The molecule has 2 heterocycles. The van der Waals surface area contributed by atoms with Crippen molar-refractivity contribution in [3.8, 4) is 0 Å². The number of alkyl halides is 3. The van der Waals surface area contributed by atoms with E-state index in [2.05, 4.69) is 10.6 Å². The first-order valence-electron chi connectivity index (χ1n) is 10.5. The van der Waals surface area contributed by atoms with Crippen molar-refractivity contribution in [1.82, 2.24) is 10.2 Å². The monoisotopic (exact) mass is 457 g/mol. The molecule has 0 saturated carbocycles. The minimum Gasteiger partial charge on any atom is -0.459 e. The molecule has 172 valence electrons. The van der Waals surface area contributed by atoms with Crippen LogP contribution in [0.1, 0.15) is 39.3 Å². The predicted molar refractivity (Wildman–Crippen MR) is 116 cm³/mol. The van der Waals surface area contributed by atoms with Gasteiger partial charge in [0.05, 0.1) is 23.1 Å². The summed E-state index contributed by atoms with van der Waals surface area (Å²) >= 11 is 0. The molecule has 2 N–H and O–H groups in total. The summed E-state index contributed by atoms with van der Waals surface area (Å²) in [4.78, 5) is 27.0. The smallest absolute Gasteiger partial charge is 0.416 e. The molecule has 1 aliphatic rings. The first kappa shape index (κ1) is 22.4. The standard InChI is InChI=1S/C24H22F3N3O3/c25-24(26,27)16-5-3-6-18(15-16)28-20-8-2-1-7-19(20)22(31)29-17-10-12-30(13-11-17)23(32)21-9-4-14-33-21/h1-9,14-15,17,28H,10-13H2,(H,29,31). The minimum absolute atomic E-state index is 0.125. The number of para-hydroxylation sites is 1. The van der Waals surface area contributed by atoms with Gasteiger partial charge >= 0.3 is 6.18 Å². The lowest BCUT2D eigenvalue weighted by Gasteiger charge is -2.32. The van der Waals surface area contributed by atoms with Crippen LogP contribution in [-0.2, 0) is 6.18 Å². The predicted octanol–water partition coefficient (Wildman–Crippen LogP) is 5.08. The average Bonchev–Trinajstić information content (AvgIpc) is 3.34. The van der Waals surface area contributed by atoms with E-state index in [0.717, 1.165) is 12.1 Å². The number of hydrogen-bond donors (Lipinski definition) is 2. The number of halogens is 3. The molecule has 3 aromatic rings. The van der Waals surface area contributed by atoms with Crippen molar-refractivity contribution in [2.24, 2.45) is 0 Å². The summed E-state index contributed by atoms with van der Waals surface area (Å²) in [6.45, 7) is 0.962. The average molecular weight is 457 g/mol. The van der Waals surface area contributed by atoms with Gasteiger partial charge in [-0.1, -0.05) is 18.2 Å². The minimum atomic E-state index is -4.46. The quantitative estimate of drug-likeness (QED) is 0.561. The van der Waals surface area contributed by atoms with Gasteiger partial charge in [-0.2, -0.15) is 13.2 Å². The molecule has 1 aliphatic heterocycles. The van der Waals surface area contributed by atoms with E-state index in [9.17, 15) is 22.8 Å². The number of benzene rings is 2. The van der Waals surface area contributed by atoms with Crippen LogP contribution in [0.3, 0.4) is 0 Å². The van der Waals surface area contributed by atoms with Gasteiger partial charge in [-0.3, -0.25) is 9.59 Å². The number of carbonyl (C=O) groups is 2. The van der Waals surface area contributed by atoms with Crippen LogP contribution in [0, 0.1) is 0 Å². The zero-order valence-corrected chi connectivity index (χ0v) is 17.6. The maximum Gasteiger partial charge on any atom is 0.416 e. The molecular weight excluding hydrogens is 435 g/mol. The lowest BCUT2D eigenvalue weighted by Crippen LogP contribution is -2.46. The number of nitrogens with one attached hydrogen (secondary N) is 2. The van der Waals surface area contributed by atoms with E-state index in [1.54, 1.807) is 41.3 Å². The highest BCUT2D eigenvalue weighted by Crippen LogP contribution is 2.32. The second kappa shape index (κ2) is 9.40. The lowest BCUT2D eigenvalue weighted by atomic mass is 10.0. The summed E-state index contributed by atoms with van der Waals surface area (Å²) < 4.78 is 44.2. The van der Waals surface area contributed by atoms with Gasteiger partial charge in [-0.25, -0.2) is 0 Å². The van der Waals surface area contributed by atoms with E-state index in [0.29, 0.717) is 37.2 Å². The molecule has 2 amide bonds. The van der Waals surface area contributed by atoms with Crippen molar-refractivity contribution in [3.05, 3.63) is 83.8 Å². The number of amides is 2. The highest BCUT2D eigenvalue weighted by Gasteiger charge is 2.30. The van der Waals surface area contributed by atoms with Crippen molar-refractivity contribution < 1.29 is 27.2 Å². The van der Waals surface area contributed by atoms with E-state index in [1.165, 1.54) is 18.4 Å². The van der Waals surface area contributed by atoms with Gasteiger partial charge in [0.15, 0.2) is 5.76 Å². The molecule has 0 bridgehead atoms. The van der Waals surface area contributed by atoms with Crippen LogP contribution in [0.25, 0.3) is 0 Å². The Morgan fingerprint density at radius 1 is 0.970 bits per heavy atom. The molecule has 0 atom stereocenters. The number of nitrogens with zero attached hydrogens (tertiary/aromatic N) is 1. The summed E-state index contributed by atoms with van der Waals surface area (Å²) in [5, 5.41) is 5.89. The number of furan rings is 1. The van der Waals surface area contributed by atoms with Crippen LogP contribution in [0.15, 0.2) is 71.3 Å². The molecule has 0 spiro atoms. The first-order chi connectivity index (χ1) is 15.8. The maximum atomic E-state index is 13.0. The fourth-order valence-electron chi connectivity index (χ4n) is 3.77. The summed E-state index contributed by atoms with van der Waals surface area (Å²) in [6.07, 6.45) is -1.84. The SMILES string of the molecule is O=C(NC1CCN(C(=O)c2ccco2)CC1)c1ccccc1Nc1cccc(C(F)(F)F)c1. The van der Waals surface area contributed by atoms with Crippen LogP contribution < -0.4 is 10.6 Å². The summed E-state index contributed by atoms with van der Waals surface area (Å²) in [5.74, 6) is -0.228. The van der Waals surface area contributed by atoms with Gasteiger partial charge in [0.1, 0.15) is 0 Å². The highest BCUT2D eigenvalue weighted by molar-refractivity contribution is 6.00. The molecule has 0 aliphatic carbocycles. The number of rotatable bonds is 5. The van der Waals surface area contributed by atoms with Gasteiger partial charge in [-0.15, -0.1) is 0 Å². The Kier molecular flexibility index (Phi) is 6.39. The fraction of sp³-hybridized carbons (Fsp3) is 0.250. The molecule has 9 heteroatoms. The second-order valence-electron chi connectivity index (χ2n) is 7.77. The van der Waals surface area contributed by atoms with E-state index in [-0.39, 0.29) is 29.3 Å². The van der Waals surface area contributed by atoms with Crippen molar-refractivity contribution in [2.45, 2.75) is 25.1 Å². The Bertz CT molecular complexity index is 1120. The lowest BCUT2D eigenvalue weighted by molar-refractivity contribution is -0.137. The molecular formula is C24H22F3N3O3. The van der Waals surface area contributed by atoms with Gasteiger partial charge in [0.25, 0.3) is 11.8 Å². The highest BCUT2D eigenvalue weighted by atomic mass is 19.4. The Labute approximate surface area is 188 Å². The van der Waals surface area contributed by atoms with Crippen LogP contribution >= 0.6 is 0 Å². The Morgan fingerprint density at radius 2 is 1.73 bits per heavy atom. The van der Waals surface area contributed by atoms with E-state index < -0.39 is 11.7 Å². The summed E-state index contributed by atoms with van der Waals surface area (Å²) in [7, 11) is 0. The third-order valence-corrected chi connectivity index (χ3v) is 5.49. The number of hydrogen-bond acceptors (Lipinski definition) is 4. The van der Waals surface area contributed by atoms with Gasteiger partial charge in [0, 0.05) is 24.8 Å². The van der Waals surface area contributed by atoms with Crippen LogP contribution in [0.5, 0.6) is 0 Å². The van der Waals surface area contributed by atoms with Crippen molar-refractivity contribution in [3.63, 3.8) is 0 Å². The van der Waals surface area contributed by atoms with E-state index >= 15 is 0 Å². The topological polar surface area (TPSA) is 74.6 Å². The maximum absolute atomic E-state index is 13.0. The number of carbonyl (C=O) groups excluding carboxylic acids is 2. The Hall–Kier alpha value is -3.75. The van der Waals surface area contributed by atoms with E-state index in [4.69, 9.17) is 4.42 Å². The number of anilines is 2. The number of piperidine rings is 1. The van der Waals surface area contributed by atoms with Crippen LogP contribution in [-0.4, -0.2) is 35.8 Å². The molecule has 0 radical (unpaired) electrons. The largest absolute Gasteiger partial charge is 0.459 e. The molecule has 33 heavy (non-hydrogen) atoms. The Morgan fingerprint density at radius 3 is 2.42 bits per heavy atom. The van der Waals surface area contributed by atoms with Crippen molar-refractivity contribution >= 4 is 23.2 Å². The molecule has 4 rings (SSSR count). The van der Waals surface area contributed by atoms with Gasteiger partial charge in [0.2, 0.25) is 0 Å². The molecule has 1 aromatic heterocycles. The third-order valence-electron chi connectivity index (χ3n) is 5.49. The second-order valence-corrected chi connectivity index (χ2v) is 7.77. The summed E-state index contributed by atoms with van der Waals surface area (Å²) in [5.41, 5.74) is 0.184. The zero-order valence-electron chi connectivity index (χ0n) is 17.6. The third kappa shape index (κ3) is 5.36. The Balaban J connectivity index is 1.39. The molecule has 2 aromatic carbocycles. The molecule has 6 nitrogen and oxygen atoms in total. The summed E-state index contributed by atoms with van der Waals surface area (Å²) in [6, 6.07) is 14.6. The van der Waals surface area contributed by atoms with Crippen molar-refractivity contribution in [2.75, 3.05) is 18.4 Å². The van der Waals surface area contributed by atoms with Gasteiger partial charge < -0.3 is 20.0 Å². The fourth-order valence-corrected chi connectivity index (χ4v) is 3.77. The molecule has 1 saturated heterocycles. The first-order valence-corrected chi connectivity index (χ1v) is 10.5.